The smallest absolute Gasteiger partial charge is 0.296 e. The number of carbonyl (C=O) groups is 1. The molecule has 0 spiro atoms. The summed E-state index contributed by atoms with van der Waals surface area (Å²) in [6.07, 6.45) is 1.75. The fourth-order valence-corrected chi connectivity index (χ4v) is 5.93. The maximum Gasteiger partial charge on any atom is 0.296 e. The van der Waals surface area contributed by atoms with Gasteiger partial charge in [-0.3, -0.25) is 19.9 Å². The summed E-state index contributed by atoms with van der Waals surface area (Å²) in [5, 5.41) is 19.1. The highest BCUT2D eigenvalue weighted by atomic mass is 32.1. The highest BCUT2D eigenvalue weighted by Gasteiger charge is 2.42. The minimum absolute atomic E-state index is 0.0534. The van der Waals surface area contributed by atoms with Crippen LogP contribution in [0.4, 0.5) is 17.1 Å². The van der Waals surface area contributed by atoms with E-state index in [2.05, 4.69) is 26.6 Å². The predicted molar refractivity (Wildman–Crippen MR) is 171 cm³/mol. The van der Waals surface area contributed by atoms with Gasteiger partial charge in [0.25, 0.3) is 5.69 Å². The molecule has 0 saturated carbocycles. The maximum absolute atomic E-state index is 12.4. The van der Waals surface area contributed by atoms with E-state index in [1.165, 1.54) is 13.2 Å². The Morgan fingerprint density at radius 2 is 1.88 bits per heavy atom. The highest BCUT2D eigenvalue weighted by molar-refractivity contribution is 7.80. The molecule has 0 radical (unpaired) electrons. The molecule has 2 aromatic carbocycles. The van der Waals surface area contributed by atoms with E-state index in [0.717, 1.165) is 39.6 Å². The molecule has 43 heavy (non-hydrogen) atoms. The van der Waals surface area contributed by atoms with Crippen molar-refractivity contribution in [2.45, 2.75) is 46.7 Å². The summed E-state index contributed by atoms with van der Waals surface area (Å²) in [4.78, 5) is 30.8. The van der Waals surface area contributed by atoms with Crippen LogP contribution >= 0.6 is 12.2 Å². The number of aryl methyl sites for hydroxylation is 2. The number of thiocarbonyl (C=S) groups is 1. The number of methoxy groups -OCH3 is 1. The molecule has 11 heteroatoms. The lowest BCUT2D eigenvalue weighted by molar-refractivity contribution is -0.384. The molecule has 4 aromatic rings. The number of aromatic nitrogens is 2. The minimum atomic E-state index is -0.395. The number of ether oxygens (including phenoxy) is 1. The number of amides is 1. The second kappa shape index (κ2) is 11.8. The Morgan fingerprint density at radius 3 is 2.51 bits per heavy atom. The average molecular weight is 599 g/mol. The van der Waals surface area contributed by atoms with Gasteiger partial charge in [-0.15, -0.1) is 0 Å². The summed E-state index contributed by atoms with van der Waals surface area (Å²) >= 11 is 5.92. The molecule has 5 rings (SSSR count). The standard InChI is InChI=1S/C32H34N6O4S/c1-18(2)31(39)34-25-12-10-22(15-19(25)3)37-30(29(35-32(37)43)26-9-7-8-14-33-26)24-16-20(4)36(21(24)5)27-13-11-23(42-6)17-28(27)38(40)41/h7-18,29-30H,1-6H3,(H,34,39)(H,35,43)/t29-,30+/m1/s1. The molecule has 2 aromatic heterocycles. The fraction of sp³-hybridized carbons (Fsp3) is 0.281. The number of hydrogen-bond donors (Lipinski definition) is 2. The number of pyridine rings is 1. The third-order valence-electron chi connectivity index (χ3n) is 7.78. The van der Waals surface area contributed by atoms with Gasteiger partial charge in [0.15, 0.2) is 5.11 Å². The zero-order chi connectivity index (χ0) is 31.0. The van der Waals surface area contributed by atoms with Crippen LogP contribution < -0.4 is 20.3 Å². The van der Waals surface area contributed by atoms with E-state index in [1.807, 2.05) is 75.6 Å². The van der Waals surface area contributed by atoms with Gasteiger partial charge in [-0.05, 0) is 92.6 Å². The lowest BCUT2D eigenvalue weighted by Crippen LogP contribution is -2.29. The van der Waals surface area contributed by atoms with Crippen molar-refractivity contribution in [2.75, 3.05) is 17.3 Å². The number of anilines is 2. The number of hydrogen-bond acceptors (Lipinski definition) is 6. The van der Waals surface area contributed by atoms with E-state index in [9.17, 15) is 14.9 Å². The van der Waals surface area contributed by atoms with Crippen molar-refractivity contribution in [3.63, 3.8) is 0 Å². The molecule has 2 atom stereocenters. The van der Waals surface area contributed by atoms with Crippen molar-refractivity contribution in [2.24, 2.45) is 5.92 Å². The number of nitro benzene ring substituents is 1. The van der Waals surface area contributed by atoms with E-state index >= 15 is 0 Å². The third kappa shape index (κ3) is 5.55. The van der Waals surface area contributed by atoms with Crippen LogP contribution in [0.3, 0.4) is 0 Å². The van der Waals surface area contributed by atoms with Crippen LogP contribution in [0, 0.1) is 36.8 Å². The molecule has 1 fully saturated rings. The van der Waals surface area contributed by atoms with Crippen LogP contribution in [0.5, 0.6) is 5.75 Å². The fourth-order valence-electron chi connectivity index (χ4n) is 5.59. The van der Waals surface area contributed by atoms with Gasteiger partial charge < -0.3 is 24.8 Å². The van der Waals surface area contributed by atoms with E-state index < -0.39 is 4.92 Å². The van der Waals surface area contributed by atoms with Gasteiger partial charge in [0, 0.05) is 34.9 Å². The second-order valence-electron chi connectivity index (χ2n) is 10.9. The zero-order valence-electron chi connectivity index (χ0n) is 24.9. The van der Waals surface area contributed by atoms with Crippen LogP contribution in [0.15, 0.2) is 66.9 Å². The molecule has 2 N–H and O–H groups in total. The number of benzene rings is 2. The summed E-state index contributed by atoms with van der Waals surface area (Å²) < 4.78 is 7.16. The summed E-state index contributed by atoms with van der Waals surface area (Å²) in [5.41, 5.74) is 6.31. The summed E-state index contributed by atoms with van der Waals surface area (Å²) in [7, 11) is 1.48. The Bertz CT molecular complexity index is 1720. The van der Waals surface area contributed by atoms with Gasteiger partial charge in [-0.2, -0.15) is 0 Å². The van der Waals surface area contributed by atoms with E-state index in [1.54, 1.807) is 18.3 Å². The first-order valence-corrected chi connectivity index (χ1v) is 14.4. The number of nitrogens with zero attached hydrogens (tertiary/aromatic N) is 4. The highest BCUT2D eigenvalue weighted by Crippen LogP contribution is 2.45. The minimum Gasteiger partial charge on any atom is -0.496 e. The van der Waals surface area contributed by atoms with Gasteiger partial charge >= 0.3 is 0 Å². The first-order valence-electron chi connectivity index (χ1n) is 14.0. The van der Waals surface area contributed by atoms with Crippen molar-refractivity contribution < 1.29 is 14.5 Å². The van der Waals surface area contributed by atoms with Gasteiger partial charge in [0.1, 0.15) is 11.4 Å². The Morgan fingerprint density at radius 1 is 1.12 bits per heavy atom. The average Bonchev–Trinajstić information content (AvgIpc) is 3.48. The van der Waals surface area contributed by atoms with Crippen molar-refractivity contribution in [3.8, 4) is 11.4 Å². The number of carbonyl (C=O) groups excluding carboxylic acids is 1. The van der Waals surface area contributed by atoms with E-state index in [0.29, 0.717) is 16.5 Å². The monoisotopic (exact) mass is 598 g/mol. The Kier molecular flexibility index (Phi) is 8.19. The van der Waals surface area contributed by atoms with Gasteiger partial charge in [0.05, 0.1) is 35.9 Å². The molecule has 10 nitrogen and oxygen atoms in total. The first kappa shape index (κ1) is 29.7. The normalized spacial score (nSPS) is 16.3. The lowest BCUT2D eigenvalue weighted by Gasteiger charge is -2.29. The van der Waals surface area contributed by atoms with Crippen molar-refractivity contribution in [1.29, 1.82) is 0 Å². The summed E-state index contributed by atoms with van der Waals surface area (Å²) in [6, 6.07) is 17.9. The maximum atomic E-state index is 12.4. The molecule has 0 aliphatic carbocycles. The Balaban J connectivity index is 1.65. The van der Waals surface area contributed by atoms with Crippen LogP contribution in [0.1, 0.15) is 54.1 Å². The topological polar surface area (TPSA) is 115 Å². The number of nitro groups is 1. The van der Waals surface area contributed by atoms with E-state index in [-0.39, 0.29) is 29.6 Å². The Hall–Kier alpha value is -4.77. The second-order valence-corrected chi connectivity index (χ2v) is 11.3. The zero-order valence-corrected chi connectivity index (χ0v) is 25.7. The molecule has 1 amide bonds. The largest absolute Gasteiger partial charge is 0.496 e. The van der Waals surface area contributed by atoms with Crippen LogP contribution in [0.25, 0.3) is 5.69 Å². The van der Waals surface area contributed by atoms with Crippen LogP contribution in [0.2, 0.25) is 0 Å². The molecule has 1 aliphatic rings. The van der Waals surface area contributed by atoms with Crippen LogP contribution in [-0.4, -0.2) is 32.6 Å². The molecule has 1 saturated heterocycles. The van der Waals surface area contributed by atoms with E-state index in [4.69, 9.17) is 17.0 Å². The van der Waals surface area contributed by atoms with Gasteiger partial charge in [0.2, 0.25) is 5.91 Å². The molecule has 222 valence electrons. The summed E-state index contributed by atoms with van der Waals surface area (Å²) in [6.45, 7) is 9.55. The summed E-state index contributed by atoms with van der Waals surface area (Å²) in [5.74, 6) is 0.213. The molecule has 0 bridgehead atoms. The van der Waals surface area contributed by atoms with Crippen molar-refractivity contribution in [3.05, 3.63) is 105 Å². The van der Waals surface area contributed by atoms with Gasteiger partial charge in [-0.1, -0.05) is 19.9 Å². The molecular formula is C32H34N6O4S. The van der Waals surface area contributed by atoms with Crippen molar-refractivity contribution in [1.82, 2.24) is 14.9 Å². The van der Waals surface area contributed by atoms with Crippen molar-refractivity contribution >= 4 is 40.3 Å². The Labute approximate surface area is 255 Å². The molecule has 3 heterocycles. The lowest BCUT2D eigenvalue weighted by atomic mass is 9.96. The molecule has 0 unspecified atom stereocenters. The first-order chi connectivity index (χ1) is 20.5. The molecule has 1 aliphatic heterocycles. The number of rotatable bonds is 8. The third-order valence-corrected chi connectivity index (χ3v) is 8.09. The SMILES string of the molecule is COc1ccc(-n2c(C)cc([C@H]3[C@@H](c4ccccn4)NC(=S)N3c3ccc(NC(=O)C(C)C)c(C)c3)c2C)c([N+](=O)[O-])c1. The van der Waals surface area contributed by atoms with Gasteiger partial charge in [-0.25, -0.2) is 0 Å². The number of nitrogens with one attached hydrogen (secondary N) is 2. The predicted octanol–water partition coefficient (Wildman–Crippen LogP) is 6.49. The quantitative estimate of drug-likeness (QED) is 0.134. The molecular weight excluding hydrogens is 564 g/mol. The van der Waals surface area contributed by atoms with Crippen LogP contribution in [-0.2, 0) is 4.79 Å².